The van der Waals surface area contributed by atoms with Crippen molar-refractivity contribution in [2.24, 2.45) is 5.92 Å². The molecule has 2 aromatic rings. The molecule has 176 valence electrons. The van der Waals surface area contributed by atoms with Gasteiger partial charge in [0, 0.05) is 44.5 Å². The van der Waals surface area contributed by atoms with E-state index in [1.165, 1.54) is 37.8 Å². The quantitative estimate of drug-likeness (QED) is 0.665. The van der Waals surface area contributed by atoms with Gasteiger partial charge >= 0.3 is 0 Å². The van der Waals surface area contributed by atoms with Gasteiger partial charge in [-0.25, -0.2) is 14.4 Å². The van der Waals surface area contributed by atoms with Crippen molar-refractivity contribution in [1.29, 1.82) is 0 Å². The highest BCUT2D eigenvalue weighted by molar-refractivity contribution is 5.76. The molecule has 6 nitrogen and oxygen atoms in total. The Bertz CT molecular complexity index is 969. The first-order chi connectivity index (χ1) is 16.2. The van der Waals surface area contributed by atoms with Crippen molar-refractivity contribution in [3.8, 4) is 0 Å². The minimum Gasteiger partial charge on any atom is -0.378 e. The van der Waals surface area contributed by atoms with Gasteiger partial charge in [0.05, 0.1) is 25.5 Å². The molecule has 1 aromatic carbocycles. The number of halogens is 1. The van der Waals surface area contributed by atoms with Crippen LogP contribution in [0.4, 0.5) is 10.2 Å². The van der Waals surface area contributed by atoms with Crippen molar-refractivity contribution in [1.82, 2.24) is 14.9 Å². The lowest BCUT2D eigenvalue weighted by atomic mass is 10.00. The lowest BCUT2D eigenvalue weighted by Crippen LogP contribution is -2.41. The van der Waals surface area contributed by atoms with Crippen LogP contribution in [0, 0.1) is 11.7 Å². The Hall–Kier alpha value is -2.54. The third-order valence-electron chi connectivity index (χ3n) is 7.26. The number of anilines is 1. The highest BCUT2D eigenvalue weighted by Crippen LogP contribution is 2.31. The van der Waals surface area contributed by atoms with Crippen LogP contribution in [0.1, 0.15) is 61.2 Å². The van der Waals surface area contributed by atoms with Crippen molar-refractivity contribution in [3.05, 3.63) is 52.7 Å². The molecule has 7 heteroatoms. The lowest BCUT2D eigenvalue weighted by molar-refractivity contribution is -0.132. The zero-order valence-electron chi connectivity index (χ0n) is 19.3. The topological polar surface area (TPSA) is 58.6 Å². The second kappa shape index (κ2) is 10.2. The summed E-state index contributed by atoms with van der Waals surface area (Å²) >= 11 is 0. The molecule has 0 spiro atoms. The van der Waals surface area contributed by atoms with Gasteiger partial charge in [-0.2, -0.15) is 0 Å². The highest BCUT2D eigenvalue weighted by atomic mass is 19.1. The number of carbonyl (C=O) groups excluding carboxylic acids is 1. The molecule has 0 radical (unpaired) electrons. The number of hydrogen-bond acceptors (Lipinski definition) is 5. The summed E-state index contributed by atoms with van der Waals surface area (Å²) in [6.07, 6.45) is 8.18. The third-order valence-corrected chi connectivity index (χ3v) is 7.26. The first kappa shape index (κ1) is 22.3. The molecule has 0 N–H and O–H groups in total. The maximum Gasteiger partial charge on any atom is 0.222 e. The van der Waals surface area contributed by atoms with Gasteiger partial charge in [-0.3, -0.25) is 4.79 Å². The number of morpholine rings is 1. The molecule has 1 saturated carbocycles. The van der Waals surface area contributed by atoms with Gasteiger partial charge in [-0.15, -0.1) is 0 Å². The molecule has 3 heterocycles. The Morgan fingerprint density at radius 2 is 1.82 bits per heavy atom. The van der Waals surface area contributed by atoms with Crippen LogP contribution in [-0.2, 0) is 28.9 Å². The van der Waals surface area contributed by atoms with E-state index in [1.807, 2.05) is 4.90 Å². The molecule has 2 fully saturated rings. The Balaban J connectivity index is 1.36. The van der Waals surface area contributed by atoms with Gasteiger partial charge < -0.3 is 14.5 Å². The molecule has 5 rings (SSSR count). The summed E-state index contributed by atoms with van der Waals surface area (Å²) in [5.74, 6) is 2.44. The first-order valence-corrected chi connectivity index (χ1v) is 12.4. The minimum atomic E-state index is -0.239. The van der Waals surface area contributed by atoms with Crippen LogP contribution in [0.15, 0.2) is 24.3 Å². The number of ether oxygens (including phenoxy) is 1. The largest absolute Gasteiger partial charge is 0.378 e. The number of aromatic nitrogens is 2. The van der Waals surface area contributed by atoms with Gasteiger partial charge in [0.2, 0.25) is 5.91 Å². The molecule has 0 atom stereocenters. The molecule has 1 amide bonds. The van der Waals surface area contributed by atoms with Gasteiger partial charge in [-0.05, 0) is 30.0 Å². The van der Waals surface area contributed by atoms with E-state index in [0.717, 1.165) is 60.3 Å². The Morgan fingerprint density at radius 3 is 2.58 bits per heavy atom. The van der Waals surface area contributed by atoms with Crippen LogP contribution in [0.5, 0.6) is 0 Å². The summed E-state index contributed by atoms with van der Waals surface area (Å²) in [6.45, 7) is 4.23. The number of amides is 1. The van der Waals surface area contributed by atoms with Crippen LogP contribution < -0.4 is 4.90 Å². The van der Waals surface area contributed by atoms with E-state index in [2.05, 4.69) is 4.90 Å². The summed E-state index contributed by atoms with van der Waals surface area (Å²) in [6, 6.07) is 6.53. The van der Waals surface area contributed by atoms with E-state index in [4.69, 9.17) is 14.7 Å². The van der Waals surface area contributed by atoms with Crippen LogP contribution in [0.25, 0.3) is 0 Å². The molecule has 3 aliphatic rings. The van der Waals surface area contributed by atoms with Gasteiger partial charge in [-0.1, -0.05) is 37.8 Å². The fourth-order valence-electron chi connectivity index (χ4n) is 5.34. The Morgan fingerprint density at radius 1 is 1.06 bits per heavy atom. The average Bonchev–Trinajstić information content (AvgIpc) is 3.37. The molecule has 1 aliphatic carbocycles. The fraction of sp³-hybridized carbons (Fsp3) is 0.577. The van der Waals surface area contributed by atoms with Crippen molar-refractivity contribution in [2.75, 3.05) is 37.7 Å². The normalized spacial score (nSPS) is 19.1. The highest BCUT2D eigenvalue weighted by Gasteiger charge is 2.28. The Kier molecular flexibility index (Phi) is 6.85. The number of nitrogens with zero attached hydrogens (tertiary/aromatic N) is 4. The van der Waals surface area contributed by atoms with E-state index in [9.17, 15) is 9.18 Å². The fourth-order valence-corrected chi connectivity index (χ4v) is 5.34. The number of fused-ring (bicyclic) bond motifs is 1. The lowest BCUT2D eigenvalue weighted by Gasteiger charge is -2.34. The molecule has 0 unspecified atom stereocenters. The number of hydrogen-bond donors (Lipinski definition) is 0. The molecule has 0 bridgehead atoms. The monoisotopic (exact) mass is 452 g/mol. The second-order valence-corrected chi connectivity index (χ2v) is 9.55. The molecule has 2 aliphatic heterocycles. The second-order valence-electron chi connectivity index (χ2n) is 9.55. The summed E-state index contributed by atoms with van der Waals surface area (Å²) < 4.78 is 18.9. The van der Waals surface area contributed by atoms with Crippen molar-refractivity contribution in [2.45, 2.75) is 57.9 Å². The smallest absolute Gasteiger partial charge is 0.222 e. The van der Waals surface area contributed by atoms with Crippen molar-refractivity contribution in [3.63, 3.8) is 0 Å². The zero-order valence-corrected chi connectivity index (χ0v) is 19.3. The summed E-state index contributed by atoms with van der Waals surface area (Å²) in [5.41, 5.74) is 3.12. The third kappa shape index (κ3) is 5.35. The molecular weight excluding hydrogens is 419 g/mol. The standard InChI is InChI=1S/C26H33FN4O2/c27-21-8-5-20(6-9-21)17-24-28-23-11-12-31(25(32)10-7-19-3-1-2-4-19)18-22(23)26(29-24)30-13-15-33-16-14-30/h5-6,8-9,19H,1-4,7,10-18H2. The molecule has 1 saturated heterocycles. The summed E-state index contributed by atoms with van der Waals surface area (Å²) in [7, 11) is 0. The summed E-state index contributed by atoms with van der Waals surface area (Å²) in [5, 5.41) is 0. The Labute approximate surface area is 195 Å². The van der Waals surface area contributed by atoms with E-state index in [-0.39, 0.29) is 11.7 Å². The maximum absolute atomic E-state index is 13.3. The van der Waals surface area contributed by atoms with Crippen LogP contribution in [0.2, 0.25) is 0 Å². The van der Waals surface area contributed by atoms with Crippen LogP contribution in [0.3, 0.4) is 0 Å². The maximum atomic E-state index is 13.3. The van der Waals surface area contributed by atoms with Crippen molar-refractivity contribution >= 4 is 11.7 Å². The minimum absolute atomic E-state index is 0.239. The zero-order chi connectivity index (χ0) is 22.6. The first-order valence-electron chi connectivity index (χ1n) is 12.4. The SMILES string of the molecule is O=C(CCC1CCCC1)N1CCc2nc(Cc3ccc(F)cc3)nc(N3CCOCC3)c2C1. The predicted molar refractivity (Wildman–Crippen MR) is 125 cm³/mol. The molecule has 33 heavy (non-hydrogen) atoms. The van der Waals surface area contributed by atoms with Gasteiger partial charge in [0.15, 0.2) is 0 Å². The molecular formula is C26H33FN4O2. The van der Waals surface area contributed by atoms with Crippen molar-refractivity contribution < 1.29 is 13.9 Å². The number of rotatable bonds is 6. The van der Waals surface area contributed by atoms with Crippen LogP contribution >= 0.6 is 0 Å². The van der Waals surface area contributed by atoms with Crippen LogP contribution in [-0.4, -0.2) is 53.6 Å². The van der Waals surface area contributed by atoms with E-state index in [0.29, 0.717) is 39.1 Å². The van der Waals surface area contributed by atoms with E-state index >= 15 is 0 Å². The number of carbonyl (C=O) groups is 1. The molecule has 1 aromatic heterocycles. The van der Waals surface area contributed by atoms with E-state index < -0.39 is 0 Å². The van der Waals surface area contributed by atoms with Gasteiger partial charge in [0.1, 0.15) is 17.5 Å². The van der Waals surface area contributed by atoms with E-state index in [1.54, 1.807) is 12.1 Å². The summed E-state index contributed by atoms with van der Waals surface area (Å²) in [4.78, 5) is 27.1. The number of benzene rings is 1. The predicted octanol–water partition coefficient (Wildman–Crippen LogP) is 3.90. The average molecular weight is 453 g/mol. The van der Waals surface area contributed by atoms with Gasteiger partial charge in [0.25, 0.3) is 0 Å².